The molecule has 2 aliphatic rings. The van der Waals surface area contributed by atoms with Crippen molar-refractivity contribution in [1.82, 2.24) is 5.32 Å². The average molecular weight is 170 g/mol. The van der Waals surface area contributed by atoms with Crippen LogP contribution in [0.25, 0.3) is 6.08 Å². The maximum Gasteiger partial charge on any atom is 0.0999 e. The van der Waals surface area contributed by atoms with E-state index in [0.29, 0.717) is 0 Å². The Bertz CT molecular complexity index is 406. The van der Waals surface area contributed by atoms with Crippen LogP contribution >= 0.6 is 0 Å². The van der Waals surface area contributed by atoms with Gasteiger partial charge in [0, 0.05) is 6.21 Å². The molecule has 1 aromatic carbocycles. The molecular weight excluding hydrogens is 160 g/mol. The third-order valence-electron chi connectivity index (χ3n) is 2.69. The van der Waals surface area contributed by atoms with Gasteiger partial charge in [0.05, 0.1) is 12.2 Å². The van der Waals surface area contributed by atoms with Crippen molar-refractivity contribution in [2.24, 2.45) is 4.99 Å². The maximum absolute atomic E-state index is 4.23. The van der Waals surface area contributed by atoms with Crippen molar-refractivity contribution in [3.8, 4) is 0 Å². The van der Waals surface area contributed by atoms with E-state index in [2.05, 4.69) is 46.7 Å². The predicted molar refractivity (Wildman–Crippen MR) is 53.6 cm³/mol. The summed E-state index contributed by atoms with van der Waals surface area (Å²) in [5.41, 5.74) is 2.51. The molecule has 64 valence electrons. The van der Waals surface area contributed by atoms with E-state index in [-0.39, 0.29) is 5.54 Å². The summed E-state index contributed by atoms with van der Waals surface area (Å²) in [4.78, 5) is 4.23. The summed E-state index contributed by atoms with van der Waals surface area (Å²) < 4.78 is 0. The topological polar surface area (TPSA) is 24.4 Å². The highest BCUT2D eigenvalue weighted by Gasteiger charge is 2.34. The fourth-order valence-electron chi connectivity index (χ4n) is 2.01. The molecule has 2 heteroatoms. The van der Waals surface area contributed by atoms with Gasteiger partial charge in [0.2, 0.25) is 0 Å². The number of hydrogen-bond donors (Lipinski definition) is 1. The Labute approximate surface area is 77.0 Å². The van der Waals surface area contributed by atoms with Crippen LogP contribution in [0.2, 0.25) is 0 Å². The molecule has 13 heavy (non-hydrogen) atoms. The lowest BCUT2D eigenvalue weighted by Crippen LogP contribution is -2.36. The van der Waals surface area contributed by atoms with Crippen molar-refractivity contribution in [3.63, 3.8) is 0 Å². The van der Waals surface area contributed by atoms with E-state index >= 15 is 0 Å². The highest BCUT2D eigenvalue weighted by Crippen LogP contribution is 2.33. The Kier molecular flexibility index (Phi) is 1.24. The molecule has 1 N–H and O–H groups in total. The Morgan fingerprint density at radius 2 is 2.23 bits per heavy atom. The molecule has 1 heterocycles. The molecule has 0 radical (unpaired) electrons. The molecule has 3 rings (SSSR count). The molecule has 0 saturated heterocycles. The maximum atomic E-state index is 4.23. The highest BCUT2D eigenvalue weighted by molar-refractivity contribution is 5.85. The molecule has 1 aliphatic heterocycles. The Balaban J connectivity index is 2.22. The van der Waals surface area contributed by atoms with Gasteiger partial charge in [0.25, 0.3) is 0 Å². The van der Waals surface area contributed by atoms with Crippen LogP contribution in [0, 0.1) is 0 Å². The van der Waals surface area contributed by atoms with Gasteiger partial charge in [-0.15, -0.1) is 0 Å². The molecule has 0 saturated carbocycles. The molecular formula is C11H10N2. The molecule has 0 bridgehead atoms. The second kappa shape index (κ2) is 2.30. The monoisotopic (exact) mass is 170 g/mol. The van der Waals surface area contributed by atoms with E-state index in [9.17, 15) is 0 Å². The van der Waals surface area contributed by atoms with Crippen LogP contribution in [0.15, 0.2) is 35.3 Å². The second-order valence-electron chi connectivity index (χ2n) is 3.44. The Morgan fingerprint density at radius 1 is 1.31 bits per heavy atom. The third kappa shape index (κ3) is 0.835. The number of nitrogens with zero attached hydrogens (tertiary/aromatic N) is 1. The van der Waals surface area contributed by atoms with Gasteiger partial charge in [-0.3, -0.25) is 10.3 Å². The molecule has 2 nitrogen and oxygen atoms in total. The summed E-state index contributed by atoms with van der Waals surface area (Å²) in [5, 5.41) is 3.38. The highest BCUT2D eigenvalue weighted by atomic mass is 15.1. The zero-order chi connectivity index (χ0) is 8.73. The number of aliphatic imine (C=N–C) groups is 1. The number of nitrogens with one attached hydrogen (secondary N) is 1. The van der Waals surface area contributed by atoms with Crippen LogP contribution in [0.3, 0.4) is 0 Å². The summed E-state index contributed by atoms with van der Waals surface area (Å²) >= 11 is 0. The van der Waals surface area contributed by atoms with Gasteiger partial charge in [-0.05, 0) is 11.1 Å². The fourth-order valence-corrected chi connectivity index (χ4v) is 2.01. The molecule has 0 aromatic heterocycles. The lowest BCUT2D eigenvalue weighted by atomic mass is 9.94. The largest absolute Gasteiger partial charge is 0.281 e. The standard InChI is InChI=1S/C11H10N2/c1-2-4-10-9(3-1)5-6-11(10)7-12-8-13-11/h1-7,13H,8H2. The Morgan fingerprint density at radius 3 is 3.08 bits per heavy atom. The summed E-state index contributed by atoms with van der Waals surface area (Å²) in [5.74, 6) is 0. The first-order valence-electron chi connectivity index (χ1n) is 4.45. The van der Waals surface area contributed by atoms with Gasteiger partial charge in [0.15, 0.2) is 0 Å². The zero-order valence-corrected chi connectivity index (χ0v) is 7.20. The van der Waals surface area contributed by atoms with E-state index in [0.717, 1.165) is 6.67 Å². The SMILES string of the molecule is C1=CC2(C=NCN2)c2ccccc21. The van der Waals surface area contributed by atoms with Crippen LogP contribution in [0.1, 0.15) is 11.1 Å². The quantitative estimate of drug-likeness (QED) is 0.627. The van der Waals surface area contributed by atoms with Crippen molar-refractivity contribution >= 4 is 12.3 Å². The first-order valence-corrected chi connectivity index (χ1v) is 4.45. The summed E-state index contributed by atoms with van der Waals surface area (Å²) in [6, 6.07) is 8.42. The van der Waals surface area contributed by atoms with E-state index in [1.54, 1.807) is 0 Å². The van der Waals surface area contributed by atoms with Crippen molar-refractivity contribution in [3.05, 3.63) is 41.5 Å². The third-order valence-corrected chi connectivity index (χ3v) is 2.69. The smallest absolute Gasteiger partial charge is 0.0999 e. The fraction of sp³-hybridized carbons (Fsp3) is 0.182. The predicted octanol–water partition coefficient (Wildman–Crippen LogP) is 1.54. The zero-order valence-electron chi connectivity index (χ0n) is 7.20. The normalized spacial score (nSPS) is 28.6. The molecule has 0 amide bonds. The molecule has 1 aromatic rings. The van der Waals surface area contributed by atoms with Crippen LogP contribution in [-0.4, -0.2) is 12.9 Å². The van der Waals surface area contributed by atoms with E-state index < -0.39 is 0 Å². The molecule has 1 unspecified atom stereocenters. The van der Waals surface area contributed by atoms with Gasteiger partial charge in [-0.2, -0.15) is 0 Å². The van der Waals surface area contributed by atoms with Crippen molar-refractivity contribution in [1.29, 1.82) is 0 Å². The minimum Gasteiger partial charge on any atom is -0.281 e. The van der Waals surface area contributed by atoms with Gasteiger partial charge >= 0.3 is 0 Å². The first kappa shape index (κ1) is 7.04. The molecule has 1 aliphatic carbocycles. The van der Waals surface area contributed by atoms with Crippen molar-refractivity contribution in [2.45, 2.75) is 5.54 Å². The second-order valence-corrected chi connectivity index (χ2v) is 3.44. The number of hydrogen-bond acceptors (Lipinski definition) is 2. The minimum atomic E-state index is -0.101. The molecule has 1 spiro atoms. The van der Waals surface area contributed by atoms with E-state index in [1.807, 2.05) is 6.21 Å². The van der Waals surface area contributed by atoms with Crippen LogP contribution < -0.4 is 5.32 Å². The van der Waals surface area contributed by atoms with Crippen molar-refractivity contribution < 1.29 is 0 Å². The van der Waals surface area contributed by atoms with Gasteiger partial charge in [-0.1, -0.05) is 36.4 Å². The Hall–Kier alpha value is -1.41. The van der Waals surface area contributed by atoms with Gasteiger partial charge in [-0.25, -0.2) is 0 Å². The molecule has 0 fully saturated rings. The molecule has 1 atom stereocenters. The first-order chi connectivity index (χ1) is 6.41. The number of fused-ring (bicyclic) bond motifs is 2. The van der Waals surface area contributed by atoms with Gasteiger partial charge < -0.3 is 0 Å². The minimum absolute atomic E-state index is 0.101. The lowest BCUT2D eigenvalue weighted by molar-refractivity contribution is 0.607. The lowest BCUT2D eigenvalue weighted by Gasteiger charge is -2.20. The average Bonchev–Trinajstić information content (AvgIpc) is 2.78. The van der Waals surface area contributed by atoms with E-state index in [1.165, 1.54) is 11.1 Å². The van der Waals surface area contributed by atoms with E-state index in [4.69, 9.17) is 0 Å². The number of benzene rings is 1. The summed E-state index contributed by atoms with van der Waals surface area (Å²) in [6.07, 6.45) is 6.32. The summed E-state index contributed by atoms with van der Waals surface area (Å²) in [6.45, 7) is 0.721. The van der Waals surface area contributed by atoms with Crippen LogP contribution in [-0.2, 0) is 5.54 Å². The summed E-state index contributed by atoms with van der Waals surface area (Å²) in [7, 11) is 0. The van der Waals surface area contributed by atoms with Gasteiger partial charge in [0.1, 0.15) is 0 Å². The van der Waals surface area contributed by atoms with Crippen LogP contribution in [0.4, 0.5) is 0 Å². The number of rotatable bonds is 0. The van der Waals surface area contributed by atoms with Crippen molar-refractivity contribution in [2.75, 3.05) is 6.67 Å². The van der Waals surface area contributed by atoms with Crippen LogP contribution in [0.5, 0.6) is 0 Å².